The standard InChI is InChI=1S/C33H40N2O3/c1-31-21-19-29(36)34-27(31)16-14-24-25-15-17-28(32(25,2)20-18-26(24)31)38-30(37)35-33(3,22-10-6-4-7-11-22)23-12-8-5-9-13-23/h4-13,16,24-26,28H,14-15,17-21H2,1-3H3,(H,34,36)(H,35,37)/t24-,25-,26-,28-,31+,32-/m0/s1. The van der Waals surface area contributed by atoms with E-state index in [2.05, 4.69) is 61.7 Å². The first-order chi connectivity index (χ1) is 18.2. The van der Waals surface area contributed by atoms with Crippen molar-refractivity contribution in [2.75, 3.05) is 0 Å². The molecule has 38 heavy (non-hydrogen) atoms. The van der Waals surface area contributed by atoms with Crippen molar-refractivity contribution in [3.63, 3.8) is 0 Å². The smallest absolute Gasteiger partial charge is 0.408 e. The highest BCUT2D eigenvalue weighted by molar-refractivity contribution is 5.79. The number of carbonyl (C=O) groups excluding carboxylic acids is 2. The van der Waals surface area contributed by atoms with Crippen LogP contribution in [0.4, 0.5) is 4.79 Å². The van der Waals surface area contributed by atoms with Gasteiger partial charge in [0.05, 0.1) is 5.54 Å². The van der Waals surface area contributed by atoms with Crippen molar-refractivity contribution in [2.24, 2.45) is 28.6 Å². The Balaban J connectivity index is 1.21. The molecular weight excluding hydrogens is 472 g/mol. The van der Waals surface area contributed by atoms with Gasteiger partial charge in [0.1, 0.15) is 6.10 Å². The summed E-state index contributed by atoms with van der Waals surface area (Å²) in [4.78, 5) is 25.6. The number of rotatable bonds is 4. The summed E-state index contributed by atoms with van der Waals surface area (Å²) in [5.41, 5.74) is 2.55. The van der Waals surface area contributed by atoms with Gasteiger partial charge >= 0.3 is 6.09 Å². The van der Waals surface area contributed by atoms with Gasteiger partial charge in [0.15, 0.2) is 0 Å². The van der Waals surface area contributed by atoms with Crippen LogP contribution in [-0.2, 0) is 15.1 Å². The number of ether oxygens (including phenoxy) is 1. The molecule has 2 aromatic carbocycles. The zero-order valence-electron chi connectivity index (χ0n) is 22.8. The number of hydrogen-bond donors (Lipinski definition) is 2. The lowest BCUT2D eigenvalue weighted by Gasteiger charge is -2.56. The Morgan fingerprint density at radius 1 is 0.947 bits per heavy atom. The molecule has 0 spiro atoms. The molecule has 3 aliphatic carbocycles. The number of benzene rings is 2. The highest BCUT2D eigenvalue weighted by Crippen LogP contribution is 2.64. The second kappa shape index (κ2) is 9.29. The monoisotopic (exact) mass is 512 g/mol. The molecule has 4 aliphatic rings. The van der Waals surface area contributed by atoms with E-state index in [-0.39, 0.29) is 28.9 Å². The van der Waals surface area contributed by atoms with Crippen LogP contribution in [0.3, 0.4) is 0 Å². The summed E-state index contributed by atoms with van der Waals surface area (Å²) in [5, 5.41) is 6.45. The molecule has 3 fully saturated rings. The van der Waals surface area contributed by atoms with Crippen LogP contribution in [0, 0.1) is 28.6 Å². The fraction of sp³-hybridized carbons (Fsp3) is 0.515. The molecule has 1 aliphatic heterocycles. The molecule has 6 atom stereocenters. The van der Waals surface area contributed by atoms with Crippen molar-refractivity contribution in [3.8, 4) is 0 Å². The first-order valence-corrected chi connectivity index (χ1v) is 14.3. The van der Waals surface area contributed by atoms with Crippen molar-refractivity contribution in [2.45, 2.75) is 77.4 Å². The van der Waals surface area contributed by atoms with Gasteiger partial charge in [-0.2, -0.15) is 0 Å². The van der Waals surface area contributed by atoms with Gasteiger partial charge in [-0.05, 0) is 74.3 Å². The lowest BCUT2D eigenvalue weighted by atomic mass is 9.50. The van der Waals surface area contributed by atoms with E-state index >= 15 is 0 Å². The van der Waals surface area contributed by atoms with Crippen molar-refractivity contribution in [1.29, 1.82) is 0 Å². The summed E-state index contributed by atoms with van der Waals surface area (Å²) >= 11 is 0. The molecule has 1 saturated heterocycles. The normalized spacial score (nSPS) is 34.2. The number of alkyl carbamates (subject to hydrolysis) is 1. The molecule has 0 unspecified atom stereocenters. The van der Waals surface area contributed by atoms with Crippen LogP contribution in [0.15, 0.2) is 72.4 Å². The van der Waals surface area contributed by atoms with Gasteiger partial charge in [-0.25, -0.2) is 4.79 Å². The molecule has 200 valence electrons. The Kier molecular flexibility index (Phi) is 6.16. The van der Waals surface area contributed by atoms with Gasteiger partial charge in [-0.1, -0.05) is 80.6 Å². The van der Waals surface area contributed by atoms with E-state index in [4.69, 9.17) is 4.74 Å². The quantitative estimate of drug-likeness (QED) is 0.480. The van der Waals surface area contributed by atoms with Crippen molar-refractivity contribution in [1.82, 2.24) is 10.6 Å². The second-order valence-electron chi connectivity index (χ2n) is 12.7. The minimum Gasteiger partial charge on any atom is -0.446 e. The van der Waals surface area contributed by atoms with Gasteiger partial charge in [0.2, 0.25) is 5.91 Å². The number of nitrogens with one attached hydrogen (secondary N) is 2. The molecule has 2 aromatic rings. The highest BCUT2D eigenvalue weighted by Gasteiger charge is 2.60. The van der Waals surface area contributed by atoms with E-state index in [0.717, 1.165) is 55.3 Å². The van der Waals surface area contributed by atoms with Crippen molar-refractivity contribution >= 4 is 12.0 Å². The minimum absolute atomic E-state index is 0.0198. The molecule has 5 heteroatoms. The van der Waals surface area contributed by atoms with Crippen molar-refractivity contribution in [3.05, 3.63) is 83.6 Å². The average molecular weight is 513 g/mol. The predicted molar refractivity (Wildman–Crippen MR) is 148 cm³/mol. The third-order valence-corrected chi connectivity index (χ3v) is 10.8. The number of carbonyl (C=O) groups is 2. The molecule has 0 aromatic heterocycles. The van der Waals surface area contributed by atoms with Crippen LogP contribution >= 0.6 is 0 Å². The number of hydrogen-bond acceptors (Lipinski definition) is 3. The number of amides is 2. The van der Waals surface area contributed by atoms with E-state index in [9.17, 15) is 9.59 Å². The van der Waals surface area contributed by atoms with Gasteiger partial charge in [-0.15, -0.1) is 0 Å². The Hall–Kier alpha value is -3.08. The maximum absolute atomic E-state index is 13.5. The van der Waals surface area contributed by atoms with Crippen LogP contribution < -0.4 is 10.6 Å². The first kappa shape index (κ1) is 25.2. The predicted octanol–water partition coefficient (Wildman–Crippen LogP) is 6.69. The Morgan fingerprint density at radius 2 is 1.61 bits per heavy atom. The topological polar surface area (TPSA) is 67.4 Å². The molecule has 2 amide bonds. The molecule has 0 bridgehead atoms. The third kappa shape index (κ3) is 3.97. The summed E-state index contributed by atoms with van der Waals surface area (Å²) in [6.07, 6.45) is 8.62. The fourth-order valence-electron chi connectivity index (χ4n) is 8.56. The van der Waals surface area contributed by atoms with Gasteiger partial charge in [-0.3, -0.25) is 4.79 Å². The van der Waals surface area contributed by atoms with Gasteiger partial charge < -0.3 is 15.4 Å². The zero-order valence-corrected chi connectivity index (χ0v) is 22.8. The Bertz CT molecular complexity index is 1200. The maximum Gasteiger partial charge on any atom is 0.408 e. The maximum atomic E-state index is 13.5. The van der Waals surface area contributed by atoms with Crippen LogP contribution in [0.5, 0.6) is 0 Å². The van der Waals surface area contributed by atoms with E-state index in [0.29, 0.717) is 24.2 Å². The van der Waals surface area contributed by atoms with E-state index < -0.39 is 5.54 Å². The van der Waals surface area contributed by atoms with E-state index in [1.165, 1.54) is 0 Å². The minimum atomic E-state index is -0.694. The molecule has 1 heterocycles. The SMILES string of the molecule is CC(NC(=O)O[C@H]1CC[C@H]2[C@@H]3CC=C4NC(=O)CC[C@]4(C)[C@H]3CC[C@]12C)(c1ccccc1)c1ccccc1. The zero-order chi connectivity index (χ0) is 26.5. The number of allylic oxidation sites excluding steroid dienone is 2. The third-order valence-electron chi connectivity index (χ3n) is 10.8. The van der Waals surface area contributed by atoms with Gasteiger partial charge in [0.25, 0.3) is 0 Å². The summed E-state index contributed by atoms with van der Waals surface area (Å²) in [5.74, 6) is 1.84. The lowest BCUT2D eigenvalue weighted by Crippen LogP contribution is -2.54. The number of piperidine rings is 1. The Labute approximate surface area is 226 Å². The summed E-state index contributed by atoms with van der Waals surface area (Å²) in [6.45, 7) is 6.78. The first-order valence-electron chi connectivity index (χ1n) is 14.3. The van der Waals surface area contributed by atoms with Crippen LogP contribution in [0.25, 0.3) is 0 Å². The average Bonchev–Trinajstić information content (AvgIpc) is 3.25. The Morgan fingerprint density at radius 3 is 2.26 bits per heavy atom. The second-order valence-corrected chi connectivity index (χ2v) is 12.7. The summed E-state index contributed by atoms with van der Waals surface area (Å²) < 4.78 is 6.33. The van der Waals surface area contributed by atoms with Gasteiger partial charge in [0, 0.05) is 22.9 Å². The molecule has 5 nitrogen and oxygen atoms in total. The van der Waals surface area contributed by atoms with Crippen LogP contribution in [0.1, 0.15) is 76.8 Å². The molecular formula is C33H40N2O3. The van der Waals surface area contributed by atoms with Crippen molar-refractivity contribution < 1.29 is 14.3 Å². The summed E-state index contributed by atoms with van der Waals surface area (Å²) in [6, 6.07) is 20.2. The fourth-order valence-corrected chi connectivity index (χ4v) is 8.56. The van der Waals surface area contributed by atoms with Crippen LogP contribution in [-0.4, -0.2) is 18.1 Å². The largest absolute Gasteiger partial charge is 0.446 e. The number of fused-ring (bicyclic) bond motifs is 5. The molecule has 2 saturated carbocycles. The lowest BCUT2D eigenvalue weighted by molar-refractivity contribution is -0.125. The van der Waals surface area contributed by atoms with Crippen LogP contribution in [0.2, 0.25) is 0 Å². The summed E-state index contributed by atoms with van der Waals surface area (Å²) in [7, 11) is 0. The molecule has 0 radical (unpaired) electrons. The van der Waals surface area contributed by atoms with E-state index in [1.54, 1.807) is 0 Å². The molecule has 2 N–H and O–H groups in total. The van der Waals surface area contributed by atoms with E-state index in [1.807, 2.05) is 36.4 Å². The highest BCUT2D eigenvalue weighted by atomic mass is 16.6. The molecule has 6 rings (SSSR count).